The van der Waals surface area contributed by atoms with E-state index < -0.39 is 17.4 Å². The SMILES string of the molecule is CC[C@H](C)N1C(=O)[C@@H]2[C@H](C)N[C@@]3(C(=O)Nc4c3ccc(C)c4C)[C@@H]2C1=O. The Kier molecular flexibility index (Phi) is 3.57. The first-order valence-electron chi connectivity index (χ1n) is 9.32. The predicted molar refractivity (Wildman–Crippen MR) is 97.4 cm³/mol. The van der Waals surface area contributed by atoms with Crippen molar-refractivity contribution in [2.24, 2.45) is 11.8 Å². The Balaban J connectivity index is 1.90. The molecule has 3 aliphatic rings. The number of hydrogen-bond donors (Lipinski definition) is 2. The number of amides is 3. The molecule has 0 radical (unpaired) electrons. The van der Waals surface area contributed by atoms with Crippen LogP contribution in [0, 0.1) is 25.7 Å². The summed E-state index contributed by atoms with van der Waals surface area (Å²) in [5.74, 6) is -1.81. The van der Waals surface area contributed by atoms with E-state index in [1.54, 1.807) is 0 Å². The summed E-state index contributed by atoms with van der Waals surface area (Å²) in [6.07, 6.45) is 0.701. The minimum absolute atomic E-state index is 0.156. The quantitative estimate of drug-likeness (QED) is 0.794. The number of nitrogens with zero attached hydrogens (tertiary/aromatic N) is 1. The molecule has 3 heterocycles. The Labute approximate surface area is 153 Å². The summed E-state index contributed by atoms with van der Waals surface area (Å²) in [4.78, 5) is 40.9. The largest absolute Gasteiger partial charge is 0.324 e. The van der Waals surface area contributed by atoms with Gasteiger partial charge < -0.3 is 5.32 Å². The lowest BCUT2D eigenvalue weighted by molar-refractivity contribution is -0.145. The number of nitrogens with one attached hydrogen (secondary N) is 2. The van der Waals surface area contributed by atoms with Crippen LogP contribution in [-0.2, 0) is 19.9 Å². The van der Waals surface area contributed by atoms with Gasteiger partial charge in [-0.25, -0.2) is 0 Å². The third kappa shape index (κ3) is 1.83. The van der Waals surface area contributed by atoms with Gasteiger partial charge in [-0.15, -0.1) is 0 Å². The van der Waals surface area contributed by atoms with E-state index >= 15 is 0 Å². The number of aryl methyl sites for hydroxylation is 1. The number of benzene rings is 1. The van der Waals surface area contributed by atoms with Gasteiger partial charge in [-0.1, -0.05) is 19.1 Å². The molecule has 1 aromatic carbocycles. The normalized spacial score (nSPS) is 33.7. The summed E-state index contributed by atoms with van der Waals surface area (Å²) >= 11 is 0. The summed E-state index contributed by atoms with van der Waals surface area (Å²) < 4.78 is 0. The fourth-order valence-corrected chi connectivity index (χ4v) is 4.92. The Bertz CT molecular complexity index is 849. The van der Waals surface area contributed by atoms with Gasteiger partial charge in [0, 0.05) is 23.3 Å². The molecule has 0 saturated carbocycles. The van der Waals surface area contributed by atoms with E-state index in [4.69, 9.17) is 0 Å². The number of anilines is 1. The number of fused-ring (bicyclic) bond motifs is 4. The number of likely N-dealkylation sites (tertiary alicyclic amines) is 1. The minimum atomic E-state index is -1.16. The minimum Gasteiger partial charge on any atom is -0.324 e. The Morgan fingerprint density at radius 1 is 1.19 bits per heavy atom. The Morgan fingerprint density at radius 3 is 2.54 bits per heavy atom. The molecule has 26 heavy (non-hydrogen) atoms. The van der Waals surface area contributed by atoms with Crippen LogP contribution in [0.5, 0.6) is 0 Å². The van der Waals surface area contributed by atoms with Crippen LogP contribution < -0.4 is 10.6 Å². The van der Waals surface area contributed by atoms with Crippen LogP contribution in [0.4, 0.5) is 5.69 Å². The molecule has 3 aliphatic heterocycles. The summed E-state index contributed by atoms with van der Waals surface area (Å²) in [6.45, 7) is 9.70. The first kappa shape index (κ1) is 17.2. The van der Waals surface area contributed by atoms with Gasteiger partial charge in [0.05, 0.1) is 11.8 Å². The van der Waals surface area contributed by atoms with E-state index in [9.17, 15) is 14.4 Å². The summed E-state index contributed by atoms with van der Waals surface area (Å²) in [5, 5.41) is 6.32. The zero-order valence-corrected chi connectivity index (χ0v) is 15.8. The molecular weight excluding hydrogens is 330 g/mol. The van der Waals surface area contributed by atoms with Gasteiger partial charge in [0.1, 0.15) is 5.54 Å². The Hall–Kier alpha value is -2.21. The molecule has 0 unspecified atom stereocenters. The van der Waals surface area contributed by atoms with Gasteiger partial charge in [-0.3, -0.25) is 24.6 Å². The molecule has 2 N–H and O–H groups in total. The molecule has 0 bridgehead atoms. The third-order valence-electron chi connectivity index (χ3n) is 6.63. The van der Waals surface area contributed by atoms with E-state index in [1.807, 2.05) is 46.8 Å². The molecule has 5 atom stereocenters. The maximum absolute atomic E-state index is 13.3. The number of carbonyl (C=O) groups is 3. The molecule has 2 fully saturated rings. The second-order valence-electron chi connectivity index (χ2n) is 7.93. The van der Waals surface area contributed by atoms with Crippen molar-refractivity contribution in [1.82, 2.24) is 10.2 Å². The second-order valence-corrected chi connectivity index (χ2v) is 7.93. The van der Waals surface area contributed by atoms with E-state index in [0.29, 0.717) is 6.42 Å². The van der Waals surface area contributed by atoms with Crippen molar-refractivity contribution in [3.8, 4) is 0 Å². The number of hydrogen-bond acceptors (Lipinski definition) is 4. The van der Waals surface area contributed by atoms with E-state index in [0.717, 1.165) is 22.4 Å². The molecule has 0 aromatic heterocycles. The maximum Gasteiger partial charge on any atom is 0.250 e. The van der Waals surface area contributed by atoms with Crippen LogP contribution in [0.2, 0.25) is 0 Å². The van der Waals surface area contributed by atoms with Crippen molar-refractivity contribution >= 4 is 23.4 Å². The highest BCUT2D eigenvalue weighted by molar-refractivity contribution is 6.15. The lowest BCUT2D eigenvalue weighted by Gasteiger charge is -2.30. The third-order valence-corrected chi connectivity index (χ3v) is 6.63. The Morgan fingerprint density at radius 2 is 1.88 bits per heavy atom. The van der Waals surface area contributed by atoms with Crippen molar-refractivity contribution in [2.45, 2.75) is 58.7 Å². The summed E-state index contributed by atoms with van der Waals surface area (Å²) in [5.41, 5.74) is 2.49. The molecule has 0 aliphatic carbocycles. The van der Waals surface area contributed by atoms with Crippen LogP contribution in [-0.4, -0.2) is 34.7 Å². The van der Waals surface area contributed by atoms with Crippen molar-refractivity contribution in [3.05, 3.63) is 28.8 Å². The van der Waals surface area contributed by atoms with Crippen molar-refractivity contribution < 1.29 is 14.4 Å². The lowest BCUT2D eigenvalue weighted by Crippen LogP contribution is -2.53. The van der Waals surface area contributed by atoms with Gasteiger partial charge >= 0.3 is 0 Å². The first-order valence-corrected chi connectivity index (χ1v) is 9.32. The van der Waals surface area contributed by atoms with Crippen LogP contribution >= 0.6 is 0 Å². The summed E-state index contributed by atoms with van der Waals surface area (Å²) in [7, 11) is 0. The number of carbonyl (C=O) groups excluding carboxylic acids is 3. The van der Waals surface area contributed by atoms with Gasteiger partial charge in [-0.05, 0) is 45.2 Å². The van der Waals surface area contributed by atoms with E-state index in [-0.39, 0.29) is 29.8 Å². The van der Waals surface area contributed by atoms with Gasteiger partial charge in [0.15, 0.2) is 0 Å². The van der Waals surface area contributed by atoms with Crippen LogP contribution in [0.15, 0.2) is 12.1 Å². The predicted octanol–water partition coefficient (Wildman–Crippen LogP) is 1.84. The molecule has 1 spiro atoms. The monoisotopic (exact) mass is 355 g/mol. The molecule has 3 amide bonds. The first-order chi connectivity index (χ1) is 12.3. The molecule has 6 nitrogen and oxygen atoms in total. The average Bonchev–Trinajstić information content (AvgIpc) is 3.16. The van der Waals surface area contributed by atoms with Gasteiger partial charge in [0.25, 0.3) is 0 Å². The van der Waals surface area contributed by atoms with Crippen molar-refractivity contribution in [2.75, 3.05) is 5.32 Å². The highest BCUT2D eigenvalue weighted by atomic mass is 16.2. The summed E-state index contributed by atoms with van der Waals surface area (Å²) in [6, 6.07) is 3.49. The van der Waals surface area contributed by atoms with E-state index in [2.05, 4.69) is 10.6 Å². The zero-order chi connectivity index (χ0) is 19.0. The smallest absolute Gasteiger partial charge is 0.250 e. The highest BCUT2D eigenvalue weighted by Gasteiger charge is 2.70. The van der Waals surface area contributed by atoms with Crippen LogP contribution in [0.25, 0.3) is 0 Å². The highest BCUT2D eigenvalue weighted by Crippen LogP contribution is 2.53. The molecule has 2 saturated heterocycles. The average molecular weight is 355 g/mol. The fourth-order valence-electron chi connectivity index (χ4n) is 4.92. The van der Waals surface area contributed by atoms with Crippen molar-refractivity contribution in [3.63, 3.8) is 0 Å². The molecule has 4 rings (SSSR count). The van der Waals surface area contributed by atoms with Gasteiger partial charge in [-0.2, -0.15) is 0 Å². The molecule has 1 aromatic rings. The van der Waals surface area contributed by atoms with Gasteiger partial charge in [0.2, 0.25) is 17.7 Å². The lowest BCUT2D eigenvalue weighted by atomic mass is 9.76. The standard InChI is InChI=1S/C20H25N3O3/c1-6-10(3)23-17(24)14-12(5)22-20(15(14)18(23)25)13-8-7-9(2)11(4)16(13)21-19(20)26/h7-8,10,12,14-15,22H,6H2,1-5H3,(H,21,26)/t10-,12-,14+,15-,20+/m0/s1. The maximum atomic E-state index is 13.3. The fraction of sp³-hybridized carbons (Fsp3) is 0.550. The molecular formula is C20H25N3O3. The second kappa shape index (κ2) is 5.39. The molecule has 6 heteroatoms. The molecule has 138 valence electrons. The van der Waals surface area contributed by atoms with Crippen molar-refractivity contribution in [1.29, 1.82) is 0 Å². The van der Waals surface area contributed by atoms with Crippen LogP contribution in [0.3, 0.4) is 0 Å². The van der Waals surface area contributed by atoms with E-state index in [1.165, 1.54) is 4.90 Å². The van der Waals surface area contributed by atoms with Crippen LogP contribution in [0.1, 0.15) is 43.9 Å². The zero-order valence-electron chi connectivity index (χ0n) is 15.8. The number of imide groups is 1. The number of rotatable bonds is 2. The topological polar surface area (TPSA) is 78.5 Å².